The fourth-order valence-electron chi connectivity index (χ4n) is 3.52. The highest BCUT2D eigenvalue weighted by Gasteiger charge is 2.31. The predicted molar refractivity (Wildman–Crippen MR) is 136 cm³/mol. The number of halogens is 4. The van der Waals surface area contributed by atoms with Crippen molar-refractivity contribution in [2.24, 2.45) is 0 Å². The quantitative estimate of drug-likeness (QED) is 0.265. The van der Waals surface area contributed by atoms with Gasteiger partial charge in [-0.15, -0.1) is 10.2 Å². The Hall–Kier alpha value is -3.30. The maximum absolute atomic E-state index is 13.0. The Morgan fingerprint density at radius 2 is 1.75 bits per heavy atom. The Kier molecular flexibility index (Phi) is 7.70. The molecule has 4 aromatic rings. The molecule has 5 nitrogen and oxygen atoms in total. The standard InChI is InChI=1S/C26H22ClF3N4OS/c1-16-8-10-20(12-17(16)2)34-23(13-18-6-4-3-5-7-18)32-33-25(34)36-15-24(35)31-22-14-19(26(28,29)30)9-11-21(22)27/h3-12,14H,13,15H2,1-2H3,(H,31,35). The van der Waals surface area contributed by atoms with Crippen LogP contribution in [0.3, 0.4) is 0 Å². The lowest BCUT2D eigenvalue weighted by Gasteiger charge is -2.13. The average Bonchev–Trinajstić information content (AvgIpc) is 3.23. The van der Waals surface area contributed by atoms with Crippen molar-refractivity contribution in [3.05, 3.63) is 99.8 Å². The number of nitrogens with zero attached hydrogens (tertiary/aromatic N) is 3. The number of aryl methyl sites for hydroxylation is 2. The van der Waals surface area contributed by atoms with Crippen LogP contribution in [0, 0.1) is 13.8 Å². The zero-order valence-electron chi connectivity index (χ0n) is 19.4. The lowest BCUT2D eigenvalue weighted by Crippen LogP contribution is -2.16. The first-order chi connectivity index (χ1) is 17.1. The minimum atomic E-state index is -4.55. The number of anilines is 1. The smallest absolute Gasteiger partial charge is 0.324 e. The first kappa shape index (κ1) is 25.8. The molecule has 0 spiro atoms. The lowest BCUT2D eigenvalue weighted by atomic mass is 10.1. The summed E-state index contributed by atoms with van der Waals surface area (Å²) in [5.74, 6) is 0.0923. The van der Waals surface area contributed by atoms with E-state index in [2.05, 4.69) is 15.5 Å². The van der Waals surface area contributed by atoms with Gasteiger partial charge in [0.1, 0.15) is 5.82 Å². The van der Waals surface area contributed by atoms with Gasteiger partial charge in [-0.05, 0) is 60.9 Å². The number of carbonyl (C=O) groups is 1. The maximum atomic E-state index is 13.0. The zero-order valence-corrected chi connectivity index (χ0v) is 21.0. The van der Waals surface area contributed by atoms with E-state index in [4.69, 9.17) is 11.6 Å². The van der Waals surface area contributed by atoms with Crippen LogP contribution >= 0.6 is 23.4 Å². The third kappa shape index (κ3) is 6.09. The van der Waals surface area contributed by atoms with Crippen molar-refractivity contribution < 1.29 is 18.0 Å². The van der Waals surface area contributed by atoms with Gasteiger partial charge in [0, 0.05) is 12.1 Å². The van der Waals surface area contributed by atoms with Crippen LogP contribution in [0.2, 0.25) is 5.02 Å². The molecule has 0 aliphatic carbocycles. The number of hydrogen-bond acceptors (Lipinski definition) is 4. The summed E-state index contributed by atoms with van der Waals surface area (Å²) < 4.78 is 41.0. The van der Waals surface area contributed by atoms with E-state index >= 15 is 0 Å². The molecule has 1 amide bonds. The molecule has 1 heterocycles. The zero-order chi connectivity index (χ0) is 25.9. The van der Waals surface area contributed by atoms with Gasteiger partial charge in [-0.3, -0.25) is 9.36 Å². The Morgan fingerprint density at radius 1 is 1.00 bits per heavy atom. The van der Waals surface area contributed by atoms with Gasteiger partial charge in [0.25, 0.3) is 0 Å². The molecule has 4 rings (SSSR count). The van der Waals surface area contributed by atoms with Crippen molar-refractivity contribution in [1.29, 1.82) is 0 Å². The summed E-state index contributed by atoms with van der Waals surface area (Å²) in [5, 5.41) is 11.7. The highest BCUT2D eigenvalue weighted by atomic mass is 35.5. The number of nitrogens with one attached hydrogen (secondary N) is 1. The second-order valence-electron chi connectivity index (χ2n) is 8.19. The summed E-state index contributed by atoms with van der Waals surface area (Å²) in [5.41, 5.74) is 3.16. The Labute approximate surface area is 215 Å². The number of thioether (sulfide) groups is 1. The maximum Gasteiger partial charge on any atom is 0.416 e. The summed E-state index contributed by atoms with van der Waals surface area (Å²) in [6.45, 7) is 4.04. The molecular weight excluding hydrogens is 509 g/mol. The topological polar surface area (TPSA) is 59.8 Å². The number of hydrogen-bond donors (Lipinski definition) is 1. The van der Waals surface area contributed by atoms with E-state index in [1.807, 2.05) is 66.9 Å². The van der Waals surface area contributed by atoms with Gasteiger partial charge in [-0.25, -0.2) is 0 Å². The molecule has 0 saturated heterocycles. The van der Waals surface area contributed by atoms with E-state index in [0.29, 0.717) is 17.4 Å². The van der Waals surface area contributed by atoms with Crippen molar-refractivity contribution in [3.63, 3.8) is 0 Å². The molecule has 0 radical (unpaired) electrons. The van der Waals surface area contributed by atoms with E-state index in [0.717, 1.165) is 52.3 Å². The number of amides is 1. The van der Waals surface area contributed by atoms with Gasteiger partial charge in [-0.2, -0.15) is 13.2 Å². The van der Waals surface area contributed by atoms with Gasteiger partial charge in [0.2, 0.25) is 5.91 Å². The Morgan fingerprint density at radius 3 is 2.44 bits per heavy atom. The second-order valence-corrected chi connectivity index (χ2v) is 9.54. The molecule has 0 bridgehead atoms. The van der Waals surface area contributed by atoms with Crippen LogP contribution in [0.4, 0.5) is 18.9 Å². The third-order valence-electron chi connectivity index (χ3n) is 5.55. The molecule has 0 fully saturated rings. The molecule has 0 aliphatic heterocycles. The van der Waals surface area contributed by atoms with Crippen LogP contribution in [-0.4, -0.2) is 26.4 Å². The van der Waals surface area contributed by atoms with E-state index in [1.54, 1.807) is 0 Å². The molecule has 186 valence electrons. The summed E-state index contributed by atoms with van der Waals surface area (Å²) >= 11 is 7.14. The van der Waals surface area contributed by atoms with Crippen molar-refractivity contribution in [2.75, 3.05) is 11.1 Å². The number of benzene rings is 3. The van der Waals surface area contributed by atoms with Gasteiger partial charge in [0.15, 0.2) is 5.16 Å². The van der Waals surface area contributed by atoms with E-state index < -0.39 is 17.6 Å². The molecule has 1 N–H and O–H groups in total. The number of alkyl halides is 3. The SMILES string of the molecule is Cc1ccc(-n2c(Cc3ccccc3)nnc2SCC(=O)Nc2cc(C(F)(F)F)ccc2Cl)cc1C. The molecule has 0 saturated carbocycles. The van der Waals surface area contributed by atoms with Crippen LogP contribution in [0.15, 0.2) is 71.9 Å². The van der Waals surface area contributed by atoms with Crippen LogP contribution in [0.5, 0.6) is 0 Å². The number of carbonyl (C=O) groups excluding carboxylic acids is 1. The van der Waals surface area contributed by atoms with Gasteiger partial charge in [-0.1, -0.05) is 59.8 Å². The summed E-state index contributed by atoms with van der Waals surface area (Å²) in [7, 11) is 0. The molecular formula is C26H22ClF3N4OS. The van der Waals surface area contributed by atoms with Gasteiger partial charge < -0.3 is 5.32 Å². The largest absolute Gasteiger partial charge is 0.416 e. The molecule has 3 aromatic carbocycles. The van der Waals surface area contributed by atoms with E-state index in [1.165, 1.54) is 0 Å². The Bertz CT molecular complexity index is 1390. The van der Waals surface area contributed by atoms with E-state index in [-0.39, 0.29) is 16.5 Å². The number of rotatable bonds is 7. The van der Waals surface area contributed by atoms with Gasteiger partial charge in [0.05, 0.1) is 22.0 Å². The Balaban J connectivity index is 1.57. The monoisotopic (exact) mass is 530 g/mol. The molecule has 36 heavy (non-hydrogen) atoms. The lowest BCUT2D eigenvalue weighted by molar-refractivity contribution is -0.137. The van der Waals surface area contributed by atoms with Crippen LogP contribution in [0.25, 0.3) is 5.69 Å². The first-order valence-corrected chi connectivity index (χ1v) is 12.3. The molecule has 1 aromatic heterocycles. The van der Waals surface area contributed by atoms with Crippen LogP contribution in [0.1, 0.15) is 28.1 Å². The fourth-order valence-corrected chi connectivity index (χ4v) is 4.46. The normalized spacial score (nSPS) is 11.5. The van der Waals surface area contributed by atoms with Crippen molar-refractivity contribution >= 4 is 35.0 Å². The first-order valence-electron chi connectivity index (χ1n) is 11.0. The average molecular weight is 531 g/mol. The summed E-state index contributed by atoms with van der Waals surface area (Å²) in [6, 6.07) is 18.6. The second kappa shape index (κ2) is 10.8. The van der Waals surface area contributed by atoms with Crippen molar-refractivity contribution in [2.45, 2.75) is 31.6 Å². The van der Waals surface area contributed by atoms with Crippen LogP contribution < -0.4 is 5.32 Å². The highest BCUT2D eigenvalue weighted by Crippen LogP contribution is 2.34. The molecule has 10 heteroatoms. The third-order valence-corrected chi connectivity index (χ3v) is 6.81. The van der Waals surface area contributed by atoms with Crippen molar-refractivity contribution in [3.8, 4) is 5.69 Å². The van der Waals surface area contributed by atoms with E-state index in [9.17, 15) is 18.0 Å². The highest BCUT2D eigenvalue weighted by molar-refractivity contribution is 7.99. The van der Waals surface area contributed by atoms with Gasteiger partial charge >= 0.3 is 6.18 Å². The minimum absolute atomic E-state index is 0.0183. The number of aromatic nitrogens is 3. The minimum Gasteiger partial charge on any atom is -0.324 e. The molecule has 0 aliphatic rings. The summed E-state index contributed by atoms with van der Waals surface area (Å²) in [6.07, 6.45) is -4.01. The van der Waals surface area contributed by atoms with Crippen LogP contribution in [-0.2, 0) is 17.4 Å². The fraction of sp³-hybridized carbons (Fsp3) is 0.192. The predicted octanol–water partition coefficient (Wildman–Crippen LogP) is 6.88. The summed E-state index contributed by atoms with van der Waals surface area (Å²) in [4.78, 5) is 12.6. The molecule has 0 unspecified atom stereocenters. The van der Waals surface area contributed by atoms with Crippen molar-refractivity contribution in [1.82, 2.24) is 14.8 Å². The molecule has 0 atom stereocenters.